The summed E-state index contributed by atoms with van der Waals surface area (Å²) in [5.74, 6) is 0. The second kappa shape index (κ2) is 4.49. The van der Waals surface area contributed by atoms with Gasteiger partial charge in [0.25, 0.3) is 0 Å². The predicted octanol–water partition coefficient (Wildman–Crippen LogP) is 0.719. The van der Waals surface area contributed by atoms with Gasteiger partial charge in [0.2, 0.25) is 0 Å². The molecule has 0 aromatic rings. The summed E-state index contributed by atoms with van der Waals surface area (Å²) in [5.41, 5.74) is -0.512. The van der Waals surface area contributed by atoms with E-state index in [9.17, 15) is 4.79 Å². The second-order valence-corrected chi connectivity index (χ2v) is 4.52. The van der Waals surface area contributed by atoms with Crippen LogP contribution >= 0.6 is 0 Å². The average Bonchev–Trinajstić information content (AvgIpc) is 2.15. The normalized spacial score (nSPS) is 22.0. The minimum absolute atomic E-state index is 0.407. The van der Waals surface area contributed by atoms with Gasteiger partial charge in [0.15, 0.2) is 0 Å². The summed E-state index contributed by atoms with van der Waals surface area (Å²) in [4.78, 5) is 13.2. The van der Waals surface area contributed by atoms with Crippen molar-refractivity contribution in [3.63, 3.8) is 0 Å². The van der Waals surface area contributed by atoms with Crippen LogP contribution in [0.25, 0.3) is 0 Å². The predicted molar refractivity (Wildman–Crippen MR) is 55.2 cm³/mol. The Labute approximate surface area is 90.0 Å². The van der Waals surface area contributed by atoms with Crippen molar-refractivity contribution in [3.8, 4) is 6.07 Å². The van der Waals surface area contributed by atoms with E-state index in [2.05, 4.69) is 11.4 Å². The summed E-state index contributed by atoms with van der Waals surface area (Å²) < 4.78 is 5.22. The van der Waals surface area contributed by atoms with Gasteiger partial charge in [-0.2, -0.15) is 5.26 Å². The van der Waals surface area contributed by atoms with Crippen molar-refractivity contribution in [2.24, 2.45) is 0 Å². The highest BCUT2D eigenvalue weighted by molar-refractivity contribution is 5.69. The highest BCUT2D eigenvalue weighted by Gasteiger charge is 2.29. The smallest absolute Gasteiger partial charge is 0.411 e. The summed E-state index contributed by atoms with van der Waals surface area (Å²) in [7, 11) is 0. The average molecular weight is 211 g/mol. The fraction of sp³-hybridized carbons (Fsp3) is 0.800. The monoisotopic (exact) mass is 211 g/mol. The minimum Gasteiger partial charge on any atom is -0.444 e. The van der Waals surface area contributed by atoms with E-state index in [-0.39, 0.29) is 0 Å². The standard InChI is InChI=1S/C10H17N3O2/c1-10(2,3)15-9(14)13-5-4-12-7-8(13)6-11/h8,12H,4-5,7H2,1-3H3/t8-/m0/s1. The second-order valence-electron chi connectivity index (χ2n) is 4.52. The van der Waals surface area contributed by atoms with E-state index in [1.165, 1.54) is 4.90 Å². The summed E-state index contributed by atoms with van der Waals surface area (Å²) in [6.45, 7) is 7.18. The van der Waals surface area contributed by atoms with Crippen LogP contribution in [0, 0.1) is 11.3 Å². The van der Waals surface area contributed by atoms with Crippen molar-refractivity contribution in [2.75, 3.05) is 19.6 Å². The third kappa shape index (κ3) is 3.40. The van der Waals surface area contributed by atoms with Crippen LogP contribution in [0.1, 0.15) is 20.8 Å². The lowest BCUT2D eigenvalue weighted by Crippen LogP contribution is -2.54. The van der Waals surface area contributed by atoms with Crippen LogP contribution in [0.3, 0.4) is 0 Å². The number of hydrogen-bond acceptors (Lipinski definition) is 4. The molecule has 1 rings (SSSR count). The number of carbonyl (C=O) groups is 1. The van der Waals surface area contributed by atoms with E-state index in [0.29, 0.717) is 19.6 Å². The molecule has 1 aliphatic rings. The Balaban J connectivity index is 2.61. The molecule has 84 valence electrons. The van der Waals surface area contributed by atoms with Gasteiger partial charge in [-0.1, -0.05) is 0 Å². The molecule has 5 nitrogen and oxygen atoms in total. The van der Waals surface area contributed by atoms with Gasteiger partial charge in [-0.05, 0) is 20.8 Å². The molecule has 1 fully saturated rings. The van der Waals surface area contributed by atoms with Gasteiger partial charge >= 0.3 is 6.09 Å². The molecule has 15 heavy (non-hydrogen) atoms. The Kier molecular flexibility index (Phi) is 3.53. The maximum atomic E-state index is 11.7. The minimum atomic E-state index is -0.512. The van der Waals surface area contributed by atoms with E-state index >= 15 is 0 Å². The largest absolute Gasteiger partial charge is 0.444 e. The van der Waals surface area contributed by atoms with Gasteiger partial charge in [-0.25, -0.2) is 4.79 Å². The van der Waals surface area contributed by atoms with Gasteiger partial charge < -0.3 is 10.1 Å². The van der Waals surface area contributed by atoms with E-state index in [1.54, 1.807) is 0 Å². The summed E-state index contributed by atoms with van der Waals surface area (Å²) in [6, 6.07) is 1.66. The van der Waals surface area contributed by atoms with Crippen LogP contribution < -0.4 is 5.32 Å². The third-order valence-electron chi connectivity index (χ3n) is 2.02. The van der Waals surface area contributed by atoms with E-state index in [1.807, 2.05) is 20.8 Å². The molecule has 1 saturated heterocycles. The molecule has 1 aliphatic heterocycles. The van der Waals surface area contributed by atoms with Crippen LogP contribution in [-0.2, 0) is 4.74 Å². The highest BCUT2D eigenvalue weighted by atomic mass is 16.6. The number of nitriles is 1. The van der Waals surface area contributed by atoms with Gasteiger partial charge in [-0.15, -0.1) is 0 Å². The van der Waals surface area contributed by atoms with E-state index < -0.39 is 17.7 Å². The number of nitrogens with zero attached hydrogens (tertiary/aromatic N) is 2. The topological polar surface area (TPSA) is 65.4 Å². The Morgan fingerprint density at radius 2 is 2.27 bits per heavy atom. The van der Waals surface area contributed by atoms with Crippen molar-refractivity contribution in [3.05, 3.63) is 0 Å². The number of nitrogens with one attached hydrogen (secondary N) is 1. The number of amides is 1. The SMILES string of the molecule is CC(C)(C)OC(=O)N1CCNC[C@@H]1C#N. The van der Waals surface area contributed by atoms with E-state index in [4.69, 9.17) is 10.00 Å². The maximum Gasteiger partial charge on any atom is 0.411 e. The van der Waals surface area contributed by atoms with Crippen LogP contribution in [0.4, 0.5) is 4.79 Å². The van der Waals surface area contributed by atoms with Crippen molar-refractivity contribution in [1.82, 2.24) is 10.2 Å². The lowest BCUT2D eigenvalue weighted by Gasteiger charge is -2.33. The number of carbonyl (C=O) groups excluding carboxylic acids is 1. The highest BCUT2D eigenvalue weighted by Crippen LogP contribution is 2.12. The summed E-state index contributed by atoms with van der Waals surface area (Å²) >= 11 is 0. The molecule has 0 bridgehead atoms. The molecule has 1 atom stereocenters. The van der Waals surface area contributed by atoms with Crippen LogP contribution in [-0.4, -0.2) is 42.3 Å². The molecule has 0 aliphatic carbocycles. The number of hydrogen-bond donors (Lipinski definition) is 1. The van der Waals surface area contributed by atoms with Crippen molar-refractivity contribution in [1.29, 1.82) is 5.26 Å². The molecule has 0 radical (unpaired) electrons. The fourth-order valence-electron chi connectivity index (χ4n) is 1.36. The fourth-order valence-corrected chi connectivity index (χ4v) is 1.36. The van der Waals surface area contributed by atoms with E-state index in [0.717, 1.165) is 0 Å². The van der Waals surface area contributed by atoms with Crippen LogP contribution in [0.5, 0.6) is 0 Å². The zero-order valence-corrected chi connectivity index (χ0v) is 9.41. The van der Waals surface area contributed by atoms with Crippen molar-refractivity contribution < 1.29 is 9.53 Å². The summed E-state index contributed by atoms with van der Waals surface area (Å²) in [6.07, 6.45) is -0.407. The quantitative estimate of drug-likeness (QED) is 0.641. The first-order valence-corrected chi connectivity index (χ1v) is 5.04. The molecule has 1 amide bonds. The molecular weight excluding hydrogens is 194 g/mol. The Morgan fingerprint density at radius 1 is 1.60 bits per heavy atom. The Bertz CT molecular complexity index is 277. The number of rotatable bonds is 0. The number of ether oxygens (including phenoxy) is 1. The van der Waals surface area contributed by atoms with Crippen molar-refractivity contribution in [2.45, 2.75) is 32.4 Å². The third-order valence-corrected chi connectivity index (χ3v) is 2.02. The molecule has 0 aromatic heterocycles. The summed E-state index contributed by atoms with van der Waals surface area (Å²) in [5, 5.41) is 11.9. The first-order valence-electron chi connectivity index (χ1n) is 5.04. The first kappa shape index (κ1) is 11.8. The first-order chi connectivity index (χ1) is 6.94. The maximum absolute atomic E-state index is 11.7. The molecule has 0 aromatic carbocycles. The molecular formula is C10H17N3O2. The van der Waals surface area contributed by atoms with Crippen molar-refractivity contribution >= 4 is 6.09 Å². The lowest BCUT2D eigenvalue weighted by atomic mass is 10.2. The lowest BCUT2D eigenvalue weighted by molar-refractivity contribution is 0.0174. The van der Waals surface area contributed by atoms with Crippen LogP contribution in [0.2, 0.25) is 0 Å². The molecule has 0 saturated carbocycles. The Morgan fingerprint density at radius 3 is 2.80 bits per heavy atom. The number of piperazine rings is 1. The molecule has 1 N–H and O–H groups in total. The molecule has 1 heterocycles. The van der Waals surface area contributed by atoms with Crippen LogP contribution in [0.15, 0.2) is 0 Å². The van der Waals surface area contributed by atoms with Gasteiger partial charge in [0.1, 0.15) is 11.6 Å². The Hall–Kier alpha value is -1.28. The van der Waals surface area contributed by atoms with Gasteiger partial charge in [0, 0.05) is 19.6 Å². The van der Waals surface area contributed by atoms with Gasteiger partial charge in [-0.3, -0.25) is 4.90 Å². The molecule has 0 unspecified atom stereocenters. The molecule has 0 spiro atoms. The van der Waals surface area contributed by atoms with Gasteiger partial charge in [0.05, 0.1) is 6.07 Å². The zero-order valence-electron chi connectivity index (χ0n) is 9.41. The zero-order chi connectivity index (χ0) is 11.5. The molecule has 5 heteroatoms.